The fraction of sp³-hybridized carbons (Fsp3) is 0.500. The standard InChI is InChI=1S/C28H37F2N3O4/c1-18(34)32-24(13-19-11-22(29)15-23(30)12-19)25(35)16-31-28(9-6-10-33(17-28)26(36)37)21-8-5-7-20(14-21)27(2,3)4/h5,7-8,11-12,14-15,24-25,31,35H,6,9-10,13,16-17H2,1-4H3,(H,32,34)(H,36,37). The highest BCUT2D eigenvalue weighted by Crippen LogP contribution is 2.34. The highest BCUT2D eigenvalue weighted by Gasteiger charge is 2.40. The van der Waals surface area contributed by atoms with E-state index in [1.54, 1.807) is 0 Å². The summed E-state index contributed by atoms with van der Waals surface area (Å²) in [6, 6.07) is 10.3. The molecular formula is C28H37F2N3O4. The number of hydrogen-bond donors (Lipinski definition) is 4. The Morgan fingerprint density at radius 3 is 2.41 bits per heavy atom. The van der Waals surface area contributed by atoms with Crippen LogP contribution >= 0.6 is 0 Å². The number of halogens is 2. The van der Waals surface area contributed by atoms with Crippen molar-refractivity contribution in [3.63, 3.8) is 0 Å². The first-order chi connectivity index (χ1) is 17.3. The Labute approximate surface area is 216 Å². The monoisotopic (exact) mass is 517 g/mol. The maximum absolute atomic E-state index is 13.7. The molecule has 9 heteroatoms. The first-order valence-corrected chi connectivity index (χ1v) is 12.5. The van der Waals surface area contributed by atoms with Gasteiger partial charge in [-0.15, -0.1) is 0 Å². The fourth-order valence-electron chi connectivity index (χ4n) is 4.95. The largest absolute Gasteiger partial charge is 0.465 e. The van der Waals surface area contributed by atoms with Gasteiger partial charge < -0.3 is 25.7 Å². The average Bonchev–Trinajstić information content (AvgIpc) is 2.81. The van der Waals surface area contributed by atoms with E-state index in [4.69, 9.17) is 0 Å². The number of aliphatic hydroxyl groups is 1. The minimum Gasteiger partial charge on any atom is -0.465 e. The SMILES string of the molecule is CC(=O)NC(Cc1cc(F)cc(F)c1)C(O)CNC1(c2cccc(C(C)(C)C)c2)CCCN(C(=O)O)C1. The summed E-state index contributed by atoms with van der Waals surface area (Å²) in [7, 11) is 0. The minimum absolute atomic E-state index is 0.0187. The molecule has 1 aliphatic rings. The van der Waals surface area contributed by atoms with E-state index in [1.807, 2.05) is 18.2 Å². The molecule has 3 unspecified atom stereocenters. The maximum atomic E-state index is 13.7. The number of benzene rings is 2. The topological polar surface area (TPSA) is 102 Å². The van der Waals surface area contributed by atoms with E-state index in [1.165, 1.54) is 24.0 Å². The molecule has 0 radical (unpaired) electrons. The third-order valence-corrected chi connectivity index (χ3v) is 6.92. The lowest BCUT2D eigenvalue weighted by atomic mass is 9.78. The Bertz CT molecular complexity index is 1100. The van der Waals surface area contributed by atoms with Gasteiger partial charge in [0.05, 0.1) is 17.7 Å². The predicted octanol–water partition coefficient (Wildman–Crippen LogP) is 3.93. The quantitative estimate of drug-likeness (QED) is 0.425. The molecule has 0 saturated carbocycles. The van der Waals surface area contributed by atoms with E-state index in [0.29, 0.717) is 24.9 Å². The Kier molecular flexibility index (Phi) is 8.92. The lowest BCUT2D eigenvalue weighted by molar-refractivity contribution is -0.120. The summed E-state index contributed by atoms with van der Waals surface area (Å²) in [6.07, 6.45) is -0.824. The number of hydrogen-bond acceptors (Lipinski definition) is 4. The molecule has 0 bridgehead atoms. The number of aliphatic hydroxyl groups excluding tert-OH is 1. The van der Waals surface area contributed by atoms with Gasteiger partial charge in [0.15, 0.2) is 0 Å². The summed E-state index contributed by atoms with van der Waals surface area (Å²) >= 11 is 0. The molecular weight excluding hydrogens is 480 g/mol. The number of carbonyl (C=O) groups excluding carboxylic acids is 1. The molecule has 2 amide bonds. The van der Waals surface area contributed by atoms with Crippen molar-refractivity contribution in [2.45, 2.75) is 70.1 Å². The van der Waals surface area contributed by atoms with Crippen molar-refractivity contribution >= 4 is 12.0 Å². The van der Waals surface area contributed by atoms with Crippen molar-refractivity contribution in [2.24, 2.45) is 0 Å². The Morgan fingerprint density at radius 2 is 1.81 bits per heavy atom. The van der Waals surface area contributed by atoms with Gasteiger partial charge in [-0.3, -0.25) is 4.79 Å². The van der Waals surface area contributed by atoms with Crippen molar-refractivity contribution in [3.05, 3.63) is 70.8 Å². The fourth-order valence-corrected chi connectivity index (χ4v) is 4.95. The Morgan fingerprint density at radius 1 is 1.14 bits per heavy atom. The van der Waals surface area contributed by atoms with Gasteiger partial charge in [0.25, 0.3) is 0 Å². The van der Waals surface area contributed by atoms with E-state index < -0.39 is 35.4 Å². The van der Waals surface area contributed by atoms with Crippen molar-refractivity contribution in [1.29, 1.82) is 0 Å². The van der Waals surface area contributed by atoms with Crippen LogP contribution in [0.4, 0.5) is 13.6 Å². The predicted molar refractivity (Wildman–Crippen MR) is 137 cm³/mol. The summed E-state index contributed by atoms with van der Waals surface area (Å²) in [4.78, 5) is 25.1. The van der Waals surface area contributed by atoms with Gasteiger partial charge in [-0.2, -0.15) is 0 Å². The second kappa shape index (κ2) is 11.6. The zero-order valence-electron chi connectivity index (χ0n) is 21.9. The normalized spacial score (nSPS) is 19.8. The average molecular weight is 518 g/mol. The van der Waals surface area contributed by atoms with Crippen LogP contribution in [0.5, 0.6) is 0 Å². The summed E-state index contributed by atoms with van der Waals surface area (Å²) in [5, 5.41) is 26.9. The van der Waals surface area contributed by atoms with Crippen LogP contribution in [0.15, 0.2) is 42.5 Å². The van der Waals surface area contributed by atoms with Gasteiger partial charge >= 0.3 is 6.09 Å². The van der Waals surface area contributed by atoms with Crippen LogP contribution in [0.3, 0.4) is 0 Å². The highest BCUT2D eigenvalue weighted by molar-refractivity contribution is 5.73. The van der Waals surface area contributed by atoms with Gasteiger partial charge in [0.2, 0.25) is 5.91 Å². The number of rotatable bonds is 8. The lowest BCUT2D eigenvalue weighted by Crippen LogP contribution is -2.59. The summed E-state index contributed by atoms with van der Waals surface area (Å²) in [5.74, 6) is -1.86. The Balaban J connectivity index is 1.89. The summed E-state index contributed by atoms with van der Waals surface area (Å²) < 4.78 is 27.5. The molecule has 0 aliphatic carbocycles. The maximum Gasteiger partial charge on any atom is 0.407 e. The van der Waals surface area contributed by atoms with Crippen LogP contribution in [-0.4, -0.2) is 58.9 Å². The molecule has 1 aliphatic heterocycles. The first-order valence-electron chi connectivity index (χ1n) is 12.5. The molecule has 1 heterocycles. The molecule has 3 atom stereocenters. The van der Waals surface area contributed by atoms with Gasteiger partial charge in [-0.25, -0.2) is 13.6 Å². The minimum atomic E-state index is -1.11. The van der Waals surface area contributed by atoms with Gasteiger partial charge in [-0.05, 0) is 53.5 Å². The Hall–Kier alpha value is -3.04. The van der Waals surface area contributed by atoms with E-state index in [-0.39, 0.29) is 30.8 Å². The smallest absolute Gasteiger partial charge is 0.407 e. The zero-order chi connectivity index (χ0) is 27.4. The van der Waals surface area contributed by atoms with Gasteiger partial charge in [-0.1, -0.05) is 45.0 Å². The van der Waals surface area contributed by atoms with Crippen molar-refractivity contribution in [2.75, 3.05) is 19.6 Å². The summed E-state index contributed by atoms with van der Waals surface area (Å²) in [6.45, 7) is 8.26. The second-order valence-electron chi connectivity index (χ2n) is 11.0. The molecule has 37 heavy (non-hydrogen) atoms. The van der Waals surface area contributed by atoms with Crippen molar-refractivity contribution < 1.29 is 28.6 Å². The van der Waals surface area contributed by atoms with Crippen LogP contribution in [0.25, 0.3) is 0 Å². The molecule has 2 aromatic carbocycles. The third-order valence-electron chi connectivity index (χ3n) is 6.92. The molecule has 7 nitrogen and oxygen atoms in total. The van der Waals surface area contributed by atoms with Crippen LogP contribution < -0.4 is 10.6 Å². The first kappa shape index (κ1) is 28.5. The van der Waals surface area contributed by atoms with Crippen LogP contribution in [-0.2, 0) is 22.2 Å². The molecule has 0 spiro atoms. The number of piperidine rings is 1. The molecule has 3 rings (SSSR count). The second-order valence-corrected chi connectivity index (χ2v) is 11.0. The number of likely N-dealkylation sites (tertiary alicyclic amines) is 1. The number of carbonyl (C=O) groups is 2. The zero-order valence-corrected chi connectivity index (χ0v) is 21.9. The molecule has 2 aromatic rings. The number of nitrogens with one attached hydrogen (secondary N) is 2. The van der Waals surface area contributed by atoms with Crippen molar-refractivity contribution in [1.82, 2.24) is 15.5 Å². The van der Waals surface area contributed by atoms with Crippen LogP contribution in [0.1, 0.15) is 57.2 Å². The van der Waals surface area contributed by atoms with Gasteiger partial charge in [0.1, 0.15) is 11.6 Å². The third kappa shape index (κ3) is 7.49. The number of carboxylic acid groups (broad SMARTS) is 1. The number of amides is 2. The molecule has 0 aromatic heterocycles. The van der Waals surface area contributed by atoms with Gasteiger partial charge in [0, 0.05) is 32.6 Å². The summed E-state index contributed by atoms with van der Waals surface area (Å²) in [5.41, 5.74) is 1.45. The molecule has 1 fully saturated rings. The van der Waals surface area contributed by atoms with E-state index in [2.05, 4.69) is 37.5 Å². The van der Waals surface area contributed by atoms with E-state index >= 15 is 0 Å². The van der Waals surface area contributed by atoms with E-state index in [9.17, 15) is 28.6 Å². The van der Waals surface area contributed by atoms with Crippen LogP contribution in [0, 0.1) is 11.6 Å². The highest BCUT2D eigenvalue weighted by atomic mass is 19.1. The van der Waals surface area contributed by atoms with Crippen LogP contribution in [0.2, 0.25) is 0 Å². The molecule has 4 N–H and O–H groups in total. The van der Waals surface area contributed by atoms with Crippen molar-refractivity contribution in [3.8, 4) is 0 Å². The number of nitrogens with zero attached hydrogens (tertiary/aromatic N) is 1. The molecule has 202 valence electrons. The van der Waals surface area contributed by atoms with E-state index in [0.717, 1.165) is 17.2 Å². The molecule has 1 saturated heterocycles. The lowest BCUT2D eigenvalue weighted by Gasteiger charge is -2.44.